The Balaban J connectivity index is 1.86. The van der Waals surface area contributed by atoms with Crippen LogP contribution < -0.4 is 0 Å². The number of carbonyl (C=O) groups is 5. The van der Waals surface area contributed by atoms with E-state index in [1.807, 2.05) is 6.92 Å². The van der Waals surface area contributed by atoms with Crippen LogP contribution in [0, 0.1) is 19.8 Å². The minimum Gasteiger partial charge on any atom is -0.462 e. The number of esters is 1. The smallest absolute Gasteiger partial charge is 0.340 e. The van der Waals surface area contributed by atoms with Gasteiger partial charge in [0, 0.05) is 17.4 Å². The van der Waals surface area contributed by atoms with Crippen LogP contribution in [0.25, 0.3) is 0 Å². The van der Waals surface area contributed by atoms with E-state index in [1.54, 1.807) is 20.8 Å². The molecule has 1 aromatic rings. The van der Waals surface area contributed by atoms with E-state index in [9.17, 15) is 24.0 Å². The van der Waals surface area contributed by atoms with Gasteiger partial charge in [-0.15, -0.1) is 0 Å². The summed E-state index contributed by atoms with van der Waals surface area (Å²) in [5, 5.41) is 0. The van der Waals surface area contributed by atoms with E-state index in [2.05, 4.69) is 4.98 Å². The minimum absolute atomic E-state index is 0.0727. The topological polar surface area (TPSA) is 117 Å². The number of aromatic nitrogens is 1. The first-order chi connectivity index (χ1) is 14.2. The van der Waals surface area contributed by atoms with Crippen molar-refractivity contribution in [1.29, 1.82) is 0 Å². The van der Waals surface area contributed by atoms with Crippen LogP contribution in [0.5, 0.6) is 0 Å². The monoisotopic (exact) mass is 417 g/mol. The first-order valence-corrected chi connectivity index (χ1v) is 10.3. The number of ether oxygens (including phenoxy) is 1. The molecule has 4 amide bonds. The zero-order valence-electron chi connectivity index (χ0n) is 17.7. The van der Waals surface area contributed by atoms with Gasteiger partial charge >= 0.3 is 23.8 Å². The number of rotatable bonds is 6. The Morgan fingerprint density at radius 3 is 2.30 bits per heavy atom. The van der Waals surface area contributed by atoms with Crippen molar-refractivity contribution in [2.45, 2.75) is 59.4 Å². The molecule has 162 valence electrons. The lowest BCUT2D eigenvalue weighted by molar-refractivity contribution is -0.144. The van der Waals surface area contributed by atoms with Crippen molar-refractivity contribution in [3.63, 3.8) is 0 Å². The number of ketones is 1. The van der Waals surface area contributed by atoms with Crippen molar-refractivity contribution in [1.82, 2.24) is 14.8 Å². The van der Waals surface area contributed by atoms with Crippen LogP contribution in [0.1, 0.15) is 71.6 Å². The van der Waals surface area contributed by atoms with Crippen molar-refractivity contribution in [2.24, 2.45) is 5.92 Å². The Labute approximate surface area is 174 Å². The molecule has 1 aromatic heterocycles. The van der Waals surface area contributed by atoms with Gasteiger partial charge in [0.2, 0.25) is 0 Å². The third-order valence-corrected chi connectivity index (χ3v) is 5.92. The lowest BCUT2D eigenvalue weighted by Gasteiger charge is -2.34. The highest BCUT2D eigenvalue weighted by atomic mass is 16.5. The maximum absolute atomic E-state index is 13.0. The molecule has 2 fully saturated rings. The first kappa shape index (κ1) is 21.7. The zero-order valence-corrected chi connectivity index (χ0v) is 17.7. The van der Waals surface area contributed by atoms with Crippen LogP contribution in [0.4, 0.5) is 4.79 Å². The van der Waals surface area contributed by atoms with E-state index in [4.69, 9.17) is 4.74 Å². The average molecular weight is 417 g/mol. The number of hydrogen-bond donors (Lipinski definition) is 1. The molecule has 0 bridgehead atoms. The predicted molar refractivity (Wildman–Crippen MR) is 106 cm³/mol. The molecule has 3 rings (SSSR count). The van der Waals surface area contributed by atoms with Crippen LogP contribution in [0.3, 0.4) is 0 Å². The second-order valence-electron chi connectivity index (χ2n) is 7.95. The molecule has 30 heavy (non-hydrogen) atoms. The molecular weight excluding hydrogens is 390 g/mol. The quantitative estimate of drug-likeness (QED) is 0.329. The number of nitrogens with zero attached hydrogens (tertiary/aromatic N) is 2. The Morgan fingerprint density at radius 2 is 1.67 bits per heavy atom. The van der Waals surface area contributed by atoms with Gasteiger partial charge in [0.25, 0.3) is 0 Å². The molecule has 0 radical (unpaired) electrons. The number of aryl methyl sites for hydroxylation is 2. The Hall–Kier alpha value is -2.97. The van der Waals surface area contributed by atoms with Gasteiger partial charge < -0.3 is 9.72 Å². The number of nitrogens with one attached hydrogen (secondary N) is 1. The number of amides is 4. The molecule has 0 unspecified atom stereocenters. The van der Waals surface area contributed by atoms with Crippen molar-refractivity contribution in [3.8, 4) is 0 Å². The Bertz CT molecular complexity index is 918. The number of hydrogen-bond acceptors (Lipinski definition) is 6. The number of imide groups is 2. The molecule has 9 heteroatoms. The SMILES string of the molecule is CCOC(=O)c1c(C)[nH]c(C)c1C(=O)CN1C(=O)C(=O)N([C@H]2CCCC[C@@H]2C)C1=O. The summed E-state index contributed by atoms with van der Waals surface area (Å²) in [5.74, 6) is -3.06. The van der Waals surface area contributed by atoms with Gasteiger partial charge in [-0.1, -0.05) is 19.8 Å². The van der Waals surface area contributed by atoms with Crippen LogP contribution in [0.2, 0.25) is 0 Å². The second kappa shape index (κ2) is 8.41. The Morgan fingerprint density at radius 1 is 1.03 bits per heavy atom. The fourth-order valence-corrected chi connectivity index (χ4v) is 4.45. The fraction of sp³-hybridized carbons (Fsp3) is 0.571. The van der Waals surface area contributed by atoms with Crippen LogP contribution in [-0.4, -0.2) is 63.6 Å². The first-order valence-electron chi connectivity index (χ1n) is 10.3. The summed E-state index contributed by atoms with van der Waals surface area (Å²) in [6, 6.07) is -1.10. The number of Topliss-reactive ketones (excluding diaryl/α,β-unsaturated/α-hetero) is 1. The van der Waals surface area contributed by atoms with E-state index in [0.29, 0.717) is 22.7 Å². The minimum atomic E-state index is -1.01. The normalized spacial score (nSPS) is 22.1. The van der Waals surface area contributed by atoms with Crippen molar-refractivity contribution < 1.29 is 28.7 Å². The van der Waals surface area contributed by atoms with E-state index in [1.165, 1.54) is 0 Å². The number of H-pyrrole nitrogens is 1. The summed E-state index contributed by atoms with van der Waals surface area (Å²) in [4.78, 5) is 67.9. The van der Waals surface area contributed by atoms with Gasteiger partial charge in [-0.2, -0.15) is 0 Å². The highest BCUT2D eigenvalue weighted by molar-refractivity contribution is 6.45. The van der Waals surface area contributed by atoms with E-state index >= 15 is 0 Å². The highest BCUT2D eigenvalue weighted by Crippen LogP contribution is 2.31. The number of urea groups is 1. The lowest BCUT2D eigenvalue weighted by Crippen LogP contribution is -2.46. The molecule has 2 atom stereocenters. The molecule has 1 saturated carbocycles. The van der Waals surface area contributed by atoms with Crippen molar-refractivity contribution >= 4 is 29.6 Å². The third kappa shape index (κ3) is 3.64. The number of aromatic amines is 1. The van der Waals surface area contributed by atoms with Crippen LogP contribution in [-0.2, 0) is 14.3 Å². The molecule has 2 aliphatic rings. The summed E-state index contributed by atoms with van der Waals surface area (Å²) >= 11 is 0. The fourth-order valence-electron chi connectivity index (χ4n) is 4.45. The molecule has 0 spiro atoms. The molecular formula is C21H27N3O6. The van der Waals surface area contributed by atoms with Gasteiger partial charge in [-0.25, -0.2) is 14.5 Å². The summed E-state index contributed by atoms with van der Waals surface area (Å²) < 4.78 is 5.03. The molecule has 1 N–H and O–H groups in total. The average Bonchev–Trinajstić information content (AvgIpc) is 3.10. The van der Waals surface area contributed by atoms with Crippen molar-refractivity contribution in [2.75, 3.05) is 13.2 Å². The van der Waals surface area contributed by atoms with Gasteiger partial charge in [0.05, 0.1) is 24.3 Å². The highest BCUT2D eigenvalue weighted by Gasteiger charge is 2.49. The summed E-state index contributed by atoms with van der Waals surface area (Å²) in [6.07, 6.45) is 3.42. The number of carbonyl (C=O) groups excluding carboxylic acids is 5. The van der Waals surface area contributed by atoms with Gasteiger partial charge in [-0.05, 0) is 39.5 Å². The molecule has 2 heterocycles. The van der Waals surface area contributed by atoms with Crippen LogP contribution in [0.15, 0.2) is 0 Å². The molecule has 9 nitrogen and oxygen atoms in total. The maximum Gasteiger partial charge on any atom is 0.340 e. The largest absolute Gasteiger partial charge is 0.462 e. The summed E-state index contributed by atoms with van der Waals surface area (Å²) in [7, 11) is 0. The second-order valence-corrected chi connectivity index (χ2v) is 7.95. The van der Waals surface area contributed by atoms with Crippen molar-refractivity contribution in [3.05, 3.63) is 22.5 Å². The zero-order chi connectivity index (χ0) is 22.2. The predicted octanol–water partition coefficient (Wildman–Crippen LogP) is 2.36. The maximum atomic E-state index is 13.0. The molecule has 0 aromatic carbocycles. The molecule has 1 aliphatic heterocycles. The Kier molecular flexibility index (Phi) is 6.09. The standard InChI is InChI=1S/C21H27N3O6/c1-5-30-20(28)17-13(4)22-12(3)16(17)15(25)10-23-18(26)19(27)24(21(23)29)14-9-7-6-8-11(14)2/h11,14,22H,5-10H2,1-4H3/t11-,14-/m0/s1. The molecule has 1 aliphatic carbocycles. The van der Waals surface area contributed by atoms with E-state index in [-0.39, 0.29) is 29.7 Å². The van der Waals surface area contributed by atoms with Gasteiger partial charge in [-0.3, -0.25) is 19.3 Å². The lowest BCUT2D eigenvalue weighted by atomic mass is 9.85. The summed E-state index contributed by atoms with van der Waals surface area (Å²) in [6.45, 7) is 6.41. The molecule has 1 saturated heterocycles. The third-order valence-electron chi connectivity index (χ3n) is 5.92. The van der Waals surface area contributed by atoms with E-state index < -0.39 is 36.1 Å². The van der Waals surface area contributed by atoms with Gasteiger partial charge in [0.15, 0.2) is 5.78 Å². The van der Waals surface area contributed by atoms with E-state index in [0.717, 1.165) is 24.2 Å². The van der Waals surface area contributed by atoms with Crippen LogP contribution >= 0.6 is 0 Å². The van der Waals surface area contributed by atoms with Gasteiger partial charge in [0.1, 0.15) is 0 Å². The summed E-state index contributed by atoms with van der Waals surface area (Å²) in [5.41, 5.74) is 1.05.